The van der Waals surface area contributed by atoms with Gasteiger partial charge in [-0.3, -0.25) is 4.79 Å². The van der Waals surface area contributed by atoms with E-state index in [9.17, 15) is 4.79 Å². The Hall–Kier alpha value is -2.66. The summed E-state index contributed by atoms with van der Waals surface area (Å²) in [5.41, 5.74) is 4.21. The number of allylic oxidation sites excluding steroid dienone is 1. The number of aryl methyl sites for hydroxylation is 1. The van der Waals surface area contributed by atoms with Crippen molar-refractivity contribution >= 4 is 28.6 Å². The van der Waals surface area contributed by atoms with E-state index in [0.717, 1.165) is 39.3 Å². The van der Waals surface area contributed by atoms with Crippen LogP contribution >= 0.6 is 11.8 Å². The van der Waals surface area contributed by atoms with Gasteiger partial charge in [0.15, 0.2) is 0 Å². The minimum atomic E-state index is -0.0591. The van der Waals surface area contributed by atoms with Gasteiger partial charge in [-0.2, -0.15) is 0 Å². The molecule has 4 rings (SSSR count). The number of aromatic amines is 1. The summed E-state index contributed by atoms with van der Waals surface area (Å²) in [6.07, 6.45) is 8.15. The van der Waals surface area contributed by atoms with Crippen molar-refractivity contribution in [2.75, 3.05) is 13.7 Å². The molecule has 3 aromatic rings. The number of hydrogen-bond acceptors (Lipinski definition) is 3. The highest BCUT2D eigenvalue weighted by Gasteiger charge is 2.19. The van der Waals surface area contributed by atoms with Crippen molar-refractivity contribution in [3.05, 3.63) is 65.4 Å². The lowest BCUT2D eigenvalue weighted by molar-refractivity contribution is 0.0947. The van der Waals surface area contributed by atoms with Crippen LogP contribution in [0.5, 0.6) is 5.75 Å². The molecule has 2 aromatic carbocycles. The summed E-state index contributed by atoms with van der Waals surface area (Å²) >= 11 is 1.62. The Bertz CT molecular complexity index is 1070. The summed E-state index contributed by atoms with van der Waals surface area (Å²) in [5, 5.41) is 4.14. The number of nitrogens with one attached hydrogen (secondary N) is 2. The molecule has 0 radical (unpaired) electrons. The van der Waals surface area contributed by atoms with Crippen molar-refractivity contribution in [1.82, 2.24) is 10.3 Å². The number of benzene rings is 2. The first-order valence-electron chi connectivity index (χ1n) is 10.5. The minimum absolute atomic E-state index is 0.0591. The van der Waals surface area contributed by atoms with E-state index >= 15 is 0 Å². The maximum atomic E-state index is 13.1. The van der Waals surface area contributed by atoms with Gasteiger partial charge in [0.1, 0.15) is 11.4 Å². The molecule has 2 N–H and O–H groups in total. The van der Waals surface area contributed by atoms with E-state index in [-0.39, 0.29) is 5.91 Å². The van der Waals surface area contributed by atoms with Crippen molar-refractivity contribution in [3.63, 3.8) is 0 Å². The average molecular weight is 421 g/mol. The van der Waals surface area contributed by atoms with Crippen molar-refractivity contribution in [2.45, 2.75) is 48.8 Å². The molecule has 5 heteroatoms. The van der Waals surface area contributed by atoms with Crippen molar-refractivity contribution in [3.8, 4) is 5.75 Å². The molecule has 156 valence electrons. The quantitative estimate of drug-likeness (QED) is 0.444. The van der Waals surface area contributed by atoms with Crippen LogP contribution in [0.2, 0.25) is 0 Å². The fourth-order valence-electron chi connectivity index (χ4n) is 3.82. The number of rotatable bonds is 7. The Kier molecular flexibility index (Phi) is 6.48. The number of methoxy groups -OCH3 is 1. The molecule has 0 atom stereocenters. The van der Waals surface area contributed by atoms with E-state index in [1.165, 1.54) is 30.4 Å². The fourth-order valence-corrected chi connectivity index (χ4v) is 4.87. The third-order valence-corrected chi connectivity index (χ3v) is 6.68. The SMILES string of the molecule is COc1ccc2c(Sc3ccc(C)cc3)c(C(=O)NCCC3=CCCCC3)[nH]c2c1. The number of amides is 1. The molecule has 0 spiro atoms. The third-order valence-electron chi connectivity index (χ3n) is 5.54. The summed E-state index contributed by atoms with van der Waals surface area (Å²) in [6, 6.07) is 14.3. The lowest BCUT2D eigenvalue weighted by Crippen LogP contribution is -2.25. The third kappa shape index (κ3) is 4.73. The molecule has 1 aromatic heterocycles. The molecular formula is C25H28N2O2S. The van der Waals surface area contributed by atoms with Crippen LogP contribution in [0.25, 0.3) is 10.9 Å². The van der Waals surface area contributed by atoms with Crippen LogP contribution in [0.15, 0.2) is 63.9 Å². The van der Waals surface area contributed by atoms with Crippen LogP contribution in [0, 0.1) is 6.92 Å². The number of H-pyrrole nitrogens is 1. The average Bonchev–Trinajstić information content (AvgIpc) is 3.13. The topological polar surface area (TPSA) is 54.1 Å². The number of aromatic nitrogens is 1. The highest BCUT2D eigenvalue weighted by molar-refractivity contribution is 7.99. The molecular weight excluding hydrogens is 392 g/mol. The molecule has 1 aliphatic rings. The first-order valence-corrected chi connectivity index (χ1v) is 11.4. The van der Waals surface area contributed by atoms with Gasteiger partial charge in [0.05, 0.1) is 17.5 Å². The molecule has 30 heavy (non-hydrogen) atoms. The van der Waals surface area contributed by atoms with Gasteiger partial charge in [-0.05, 0) is 63.3 Å². The lowest BCUT2D eigenvalue weighted by Gasteiger charge is -2.13. The van der Waals surface area contributed by atoms with Crippen molar-refractivity contribution in [1.29, 1.82) is 0 Å². The van der Waals surface area contributed by atoms with Gasteiger partial charge < -0.3 is 15.0 Å². The van der Waals surface area contributed by atoms with Crippen LogP contribution < -0.4 is 10.1 Å². The molecule has 0 bridgehead atoms. The molecule has 0 aliphatic heterocycles. The van der Waals surface area contributed by atoms with Gasteiger partial charge in [-0.1, -0.05) is 41.1 Å². The smallest absolute Gasteiger partial charge is 0.268 e. The monoisotopic (exact) mass is 420 g/mol. The number of fused-ring (bicyclic) bond motifs is 1. The van der Waals surface area contributed by atoms with E-state index < -0.39 is 0 Å². The Morgan fingerprint density at radius 2 is 2.00 bits per heavy atom. The van der Waals surface area contributed by atoms with Gasteiger partial charge in [0, 0.05) is 22.9 Å². The normalized spacial score (nSPS) is 13.9. The zero-order valence-corrected chi connectivity index (χ0v) is 18.4. The maximum Gasteiger partial charge on any atom is 0.268 e. The first-order chi connectivity index (χ1) is 14.6. The maximum absolute atomic E-state index is 13.1. The highest BCUT2D eigenvalue weighted by Crippen LogP contribution is 2.38. The molecule has 1 aliphatic carbocycles. The number of hydrogen-bond donors (Lipinski definition) is 2. The minimum Gasteiger partial charge on any atom is -0.497 e. The Balaban J connectivity index is 1.58. The summed E-state index contributed by atoms with van der Waals surface area (Å²) in [5.74, 6) is 0.711. The number of ether oxygens (including phenoxy) is 1. The Morgan fingerprint density at radius 3 is 2.73 bits per heavy atom. The zero-order valence-electron chi connectivity index (χ0n) is 17.6. The Labute approximate surface area is 182 Å². The standard InChI is InChI=1S/C25H28N2O2S/c1-17-8-11-20(12-9-17)30-24-21-13-10-19(29-2)16-22(21)27-23(24)25(28)26-15-14-18-6-4-3-5-7-18/h6,8-13,16,27H,3-5,7,14-15H2,1-2H3,(H,26,28). The second kappa shape index (κ2) is 9.43. The second-order valence-electron chi connectivity index (χ2n) is 7.77. The highest BCUT2D eigenvalue weighted by atomic mass is 32.2. The second-order valence-corrected chi connectivity index (χ2v) is 8.85. The van der Waals surface area contributed by atoms with E-state index in [2.05, 4.69) is 47.6 Å². The predicted molar refractivity (Wildman–Crippen MR) is 124 cm³/mol. The Morgan fingerprint density at radius 1 is 1.17 bits per heavy atom. The fraction of sp³-hybridized carbons (Fsp3) is 0.320. The van der Waals surface area contributed by atoms with Crippen LogP contribution in [-0.4, -0.2) is 24.5 Å². The first kappa shape index (κ1) is 20.6. The van der Waals surface area contributed by atoms with Crippen molar-refractivity contribution < 1.29 is 9.53 Å². The largest absolute Gasteiger partial charge is 0.497 e. The number of carbonyl (C=O) groups excluding carboxylic acids is 1. The van der Waals surface area contributed by atoms with Gasteiger partial charge >= 0.3 is 0 Å². The van der Waals surface area contributed by atoms with Gasteiger partial charge in [0.25, 0.3) is 5.91 Å². The molecule has 1 heterocycles. The van der Waals surface area contributed by atoms with Gasteiger partial charge in [-0.15, -0.1) is 0 Å². The molecule has 4 nitrogen and oxygen atoms in total. The molecule has 0 fully saturated rings. The molecule has 0 saturated heterocycles. The van der Waals surface area contributed by atoms with Gasteiger partial charge in [0.2, 0.25) is 0 Å². The summed E-state index contributed by atoms with van der Waals surface area (Å²) < 4.78 is 5.36. The molecule has 0 unspecified atom stereocenters. The lowest BCUT2D eigenvalue weighted by atomic mass is 9.97. The zero-order chi connectivity index (χ0) is 20.9. The summed E-state index contributed by atoms with van der Waals surface area (Å²) in [6.45, 7) is 2.74. The summed E-state index contributed by atoms with van der Waals surface area (Å²) in [7, 11) is 1.65. The van der Waals surface area contributed by atoms with Crippen LogP contribution in [0.1, 0.15) is 48.2 Å². The van der Waals surface area contributed by atoms with E-state index in [1.807, 2.05) is 18.2 Å². The predicted octanol–water partition coefficient (Wildman–Crippen LogP) is 6.26. The van der Waals surface area contributed by atoms with E-state index in [1.54, 1.807) is 18.9 Å². The van der Waals surface area contributed by atoms with Crippen LogP contribution in [-0.2, 0) is 0 Å². The van der Waals surface area contributed by atoms with Crippen molar-refractivity contribution in [2.24, 2.45) is 0 Å². The number of carbonyl (C=O) groups is 1. The van der Waals surface area contributed by atoms with Crippen LogP contribution in [0.3, 0.4) is 0 Å². The van der Waals surface area contributed by atoms with E-state index in [0.29, 0.717) is 12.2 Å². The molecule has 0 saturated carbocycles. The molecule has 1 amide bonds. The van der Waals surface area contributed by atoms with E-state index in [4.69, 9.17) is 4.74 Å². The van der Waals surface area contributed by atoms with Gasteiger partial charge in [-0.25, -0.2) is 0 Å². The van der Waals surface area contributed by atoms with Crippen LogP contribution in [0.4, 0.5) is 0 Å². The summed E-state index contributed by atoms with van der Waals surface area (Å²) in [4.78, 5) is 18.5.